The zero-order chi connectivity index (χ0) is 22.4. The van der Waals surface area contributed by atoms with Crippen molar-refractivity contribution in [3.63, 3.8) is 0 Å². The Morgan fingerprint density at radius 3 is 2.39 bits per heavy atom. The minimum atomic E-state index is -3.85. The van der Waals surface area contributed by atoms with Gasteiger partial charge in [-0.05, 0) is 55.5 Å². The quantitative estimate of drug-likeness (QED) is 0.362. The Kier molecular flexibility index (Phi) is 6.78. The molecule has 31 heavy (non-hydrogen) atoms. The smallest absolute Gasteiger partial charge is 0.263 e. The van der Waals surface area contributed by atoms with Crippen LogP contribution < -0.4 is 20.1 Å². The van der Waals surface area contributed by atoms with Crippen molar-refractivity contribution >= 4 is 50.3 Å². The van der Waals surface area contributed by atoms with Crippen molar-refractivity contribution in [2.45, 2.75) is 11.8 Å². The molecular weight excluding hydrogens is 438 g/mol. The summed E-state index contributed by atoms with van der Waals surface area (Å²) >= 11 is 5.28. The fourth-order valence-electron chi connectivity index (χ4n) is 2.53. The number of sulfonamides is 1. The number of hydrogen-bond acceptors (Lipinski definition) is 7. The third kappa shape index (κ3) is 5.96. The molecule has 0 atom stereocenters. The summed E-state index contributed by atoms with van der Waals surface area (Å²) in [6.45, 7) is 1.49. The predicted molar refractivity (Wildman–Crippen MR) is 122 cm³/mol. The topological polar surface area (TPSA) is 122 Å². The van der Waals surface area contributed by atoms with E-state index in [1.165, 1.54) is 38.6 Å². The van der Waals surface area contributed by atoms with Gasteiger partial charge in [0.1, 0.15) is 12.1 Å². The summed E-state index contributed by atoms with van der Waals surface area (Å²) in [5.41, 5.74) is 1.81. The van der Waals surface area contributed by atoms with Crippen LogP contribution in [-0.2, 0) is 10.0 Å². The number of aromatic nitrogens is 2. The Morgan fingerprint density at radius 1 is 1.00 bits per heavy atom. The molecule has 0 fully saturated rings. The first-order valence-corrected chi connectivity index (χ1v) is 10.8. The Hall–Kier alpha value is -3.57. The van der Waals surface area contributed by atoms with E-state index in [0.717, 1.165) is 0 Å². The lowest BCUT2D eigenvalue weighted by Crippen LogP contribution is -2.19. The second kappa shape index (κ2) is 9.49. The van der Waals surface area contributed by atoms with E-state index in [9.17, 15) is 13.2 Å². The van der Waals surface area contributed by atoms with Crippen molar-refractivity contribution in [3.8, 4) is 5.88 Å². The Bertz CT molecular complexity index is 1210. The number of ketones is 1. The van der Waals surface area contributed by atoms with E-state index in [2.05, 4.69) is 25.3 Å². The van der Waals surface area contributed by atoms with Crippen LogP contribution in [0.25, 0.3) is 0 Å². The molecule has 0 saturated carbocycles. The zero-order valence-electron chi connectivity index (χ0n) is 16.6. The van der Waals surface area contributed by atoms with E-state index in [4.69, 9.17) is 17.0 Å². The molecule has 2 aromatic carbocycles. The van der Waals surface area contributed by atoms with Crippen LogP contribution >= 0.6 is 12.2 Å². The van der Waals surface area contributed by atoms with Gasteiger partial charge in [0.2, 0.25) is 5.88 Å². The van der Waals surface area contributed by atoms with Crippen LogP contribution in [-0.4, -0.2) is 36.4 Å². The highest BCUT2D eigenvalue weighted by Gasteiger charge is 2.15. The van der Waals surface area contributed by atoms with Gasteiger partial charge in [0.05, 0.1) is 12.0 Å². The third-order valence-electron chi connectivity index (χ3n) is 4.04. The average Bonchev–Trinajstić information content (AvgIpc) is 2.74. The summed E-state index contributed by atoms with van der Waals surface area (Å²) in [6.07, 6.45) is 1.20. The Labute approximate surface area is 184 Å². The number of carbonyl (C=O) groups is 1. The number of hydrogen-bond donors (Lipinski definition) is 3. The molecule has 1 heterocycles. The van der Waals surface area contributed by atoms with Gasteiger partial charge in [-0.1, -0.05) is 12.1 Å². The number of anilines is 3. The fraction of sp³-hybridized carbons (Fsp3) is 0.100. The lowest BCUT2D eigenvalue weighted by molar-refractivity contribution is 0.101. The molecule has 0 saturated heterocycles. The number of carbonyl (C=O) groups excluding carboxylic acids is 1. The number of nitrogens with zero attached hydrogens (tertiary/aromatic N) is 2. The molecule has 1 aromatic heterocycles. The first kappa shape index (κ1) is 22.1. The molecule has 0 unspecified atom stereocenters. The highest BCUT2D eigenvalue weighted by Crippen LogP contribution is 2.19. The number of nitrogens with one attached hydrogen (secondary N) is 3. The monoisotopic (exact) mass is 457 g/mol. The van der Waals surface area contributed by atoms with Gasteiger partial charge in [0.15, 0.2) is 10.9 Å². The van der Waals surface area contributed by atoms with Gasteiger partial charge < -0.3 is 15.4 Å². The van der Waals surface area contributed by atoms with E-state index in [0.29, 0.717) is 22.1 Å². The molecule has 0 bridgehead atoms. The van der Waals surface area contributed by atoms with Crippen molar-refractivity contribution in [3.05, 3.63) is 66.5 Å². The maximum Gasteiger partial charge on any atom is 0.263 e. The van der Waals surface area contributed by atoms with E-state index in [1.807, 2.05) is 0 Å². The molecule has 9 nitrogen and oxygen atoms in total. The Balaban J connectivity index is 1.65. The van der Waals surface area contributed by atoms with Crippen molar-refractivity contribution in [2.24, 2.45) is 0 Å². The van der Waals surface area contributed by atoms with Crippen LogP contribution in [0, 0.1) is 0 Å². The first-order valence-electron chi connectivity index (χ1n) is 8.95. The van der Waals surface area contributed by atoms with Crippen LogP contribution in [0.15, 0.2) is 65.8 Å². The normalized spacial score (nSPS) is 10.8. The standard InChI is InChI=1S/C20H19N5O4S2/c1-13(26)14-4-3-5-16(10-14)24-20(30)23-15-6-8-17(9-7-15)31(27,28)25-18-11-19(29-2)22-12-21-18/h3-12H,1-2H3,(H,21,22,25)(H2,23,24,30). The van der Waals surface area contributed by atoms with E-state index in [1.54, 1.807) is 36.4 Å². The van der Waals surface area contributed by atoms with Gasteiger partial charge >= 0.3 is 0 Å². The minimum absolute atomic E-state index is 0.0451. The number of Topliss-reactive ketones (excluding diaryl/α,β-unsaturated/α-hetero) is 1. The maximum absolute atomic E-state index is 12.6. The minimum Gasteiger partial charge on any atom is -0.481 e. The second-order valence-corrected chi connectivity index (χ2v) is 8.38. The van der Waals surface area contributed by atoms with Gasteiger partial charge in [-0.25, -0.2) is 18.4 Å². The molecule has 3 aromatic rings. The van der Waals surface area contributed by atoms with Crippen LogP contribution in [0.3, 0.4) is 0 Å². The lowest BCUT2D eigenvalue weighted by Gasteiger charge is -2.12. The van der Waals surface area contributed by atoms with Gasteiger partial charge in [0.25, 0.3) is 10.0 Å². The van der Waals surface area contributed by atoms with Gasteiger partial charge in [0, 0.05) is 23.0 Å². The number of thiocarbonyl (C=S) groups is 1. The molecule has 0 radical (unpaired) electrons. The fourth-order valence-corrected chi connectivity index (χ4v) is 3.77. The van der Waals surface area contributed by atoms with E-state index in [-0.39, 0.29) is 22.4 Å². The molecular formula is C20H19N5O4S2. The molecule has 11 heteroatoms. The van der Waals surface area contributed by atoms with Gasteiger partial charge in [-0.3, -0.25) is 9.52 Å². The molecule has 0 aliphatic carbocycles. The van der Waals surface area contributed by atoms with Crippen molar-refractivity contribution < 1.29 is 17.9 Å². The summed E-state index contributed by atoms with van der Waals surface area (Å²) in [5, 5.41) is 6.25. The molecule has 0 amide bonds. The van der Waals surface area contributed by atoms with Crippen LogP contribution in [0.1, 0.15) is 17.3 Å². The number of methoxy groups -OCH3 is 1. The van der Waals surface area contributed by atoms with Crippen LogP contribution in [0.4, 0.5) is 17.2 Å². The zero-order valence-corrected chi connectivity index (χ0v) is 18.3. The summed E-state index contributed by atoms with van der Waals surface area (Å²) in [4.78, 5) is 19.2. The molecule has 3 N–H and O–H groups in total. The first-order chi connectivity index (χ1) is 14.8. The number of ether oxygens (including phenoxy) is 1. The molecule has 3 rings (SSSR count). The SMILES string of the molecule is COc1cc(NS(=O)(=O)c2ccc(NC(=S)Nc3cccc(C(C)=O)c3)cc2)ncn1. The molecule has 0 aliphatic rings. The predicted octanol–water partition coefficient (Wildman–Crippen LogP) is 3.30. The Morgan fingerprint density at radius 2 is 1.71 bits per heavy atom. The van der Waals surface area contributed by atoms with Gasteiger partial charge in [-0.15, -0.1) is 0 Å². The van der Waals surface area contributed by atoms with Crippen LogP contribution in [0.2, 0.25) is 0 Å². The highest BCUT2D eigenvalue weighted by atomic mass is 32.2. The summed E-state index contributed by atoms with van der Waals surface area (Å²) < 4.78 is 32.5. The third-order valence-corrected chi connectivity index (χ3v) is 5.61. The summed E-state index contributed by atoms with van der Waals surface area (Å²) in [6, 6.07) is 14.3. The highest BCUT2D eigenvalue weighted by molar-refractivity contribution is 7.92. The molecule has 160 valence electrons. The van der Waals surface area contributed by atoms with Crippen LogP contribution in [0.5, 0.6) is 5.88 Å². The van der Waals surface area contributed by atoms with Crippen molar-refractivity contribution in [2.75, 3.05) is 22.5 Å². The number of benzene rings is 2. The summed E-state index contributed by atoms with van der Waals surface area (Å²) in [5.74, 6) is 0.280. The molecule has 0 spiro atoms. The van der Waals surface area contributed by atoms with E-state index < -0.39 is 10.0 Å². The largest absolute Gasteiger partial charge is 0.481 e. The average molecular weight is 458 g/mol. The summed E-state index contributed by atoms with van der Waals surface area (Å²) in [7, 11) is -2.43. The molecule has 0 aliphatic heterocycles. The van der Waals surface area contributed by atoms with Crippen molar-refractivity contribution in [1.29, 1.82) is 0 Å². The maximum atomic E-state index is 12.6. The van der Waals surface area contributed by atoms with Crippen molar-refractivity contribution in [1.82, 2.24) is 9.97 Å². The lowest BCUT2D eigenvalue weighted by atomic mass is 10.1. The van der Waals surface area contributed by atoms with Gasteiger partial charge in [-0.2, -0.15) is 0 Å². The van der Waals surface area contributed by atoms with E-state index >= 15 is 0 Å². The second-order valence-electron chi connectivity index (χ2n) is 6.29. The number of rotatable bonds is 7.